The molecule has 0 radical (unpaired) electrons. The van der Waals surface area contributed by atoms with Gasteiger partial charge in [-0.25, -0.2) is 0 Å². The number of rotatable bonds is 6. The fourth-order valence-corrected chi connectivity index (χ4v) is 3.13. The molecule has 0 saturated heterocycles. The molecule has 0 aliphatic rings. The molecule has 2 heterocycles. The Labute approximate surface area is 157 Å². The number of aliphatic hydroxyl groups excluding tert-OH is 2. The molecule has 0 saturated carbocycles. The molecule has 0 aliphatic carbocycles. The van der Waals surface area contributed by atoms with Gasteiger partial charge in [-0.05, 0) is 0 Å². The summed E-state index contributed by atoms with van der Waals surface area (Å²) in [6.07, 6.45) is 3.65. The lowest BCUT2D eigenvalue weighted by molar-refractivity contribution is 0.282. The molecule has 6 heteroatoms. The van der Waals surface area contributed by atoms with Crippen molar-refractivity contribution in [1.82, 2.24) is 19.6 Å². The van der Waals surface area contributed by atoms with Gasteiger partial charge in [0.1, 0.15) is 6.67 Å². The van der Waals surface area contributed by atoms with Gasteiger partial charge in [0.15, 0.2) is 0 Å². The average molecular weight is 360 g/mol. The second-order valence-corrected chi connectivity index (χ2v) is 6.27. The van der Waals surface area contributed by atoms with Gasteiger partial charge in [0.25, 0.3) is 0 Å². The molecule has 27 heavy (non-hydrogen) atoms. The maximum atomic E-state index is 9.69. The molecule has 0 bridgehead atoms. The topological polar surface area (TPSA) is 76.1 Å². The summed E-state index contributed by atoms with van der Waals surface area (Å²) in [6, 6.07) is 19.6. The molecule has 0 aliphatic heterocycles. The zero-order chi connectivity index (χ0) is 18.6. The third kappa shape index (κ3) is 3.53. The molecule has 0 unspecified atom stereocenters. The average Bonchev–Trinajstić information content (AvgIpc) is 3.33. The molecule has 6 nitrogen and oxygen atoms in total. The lowest BCUT2D eigenvalue weighted by Gasteiger charge is -2.02. The maximum absolute atomic E-state index is 9.69. The van der Waals surface area contributed by atoms with E-state index in [0.29, 0.717) is 6.67 Å². The van der Waals surface area contributed by atoms with Crippen LogP contribution in [0, 0.1) is 0 Å². The van der Waals surface area contributed by atoms with E-state index >= 15 is 0 Å². The zero-order valence-corrected chi connectivity index (χ0v) is 14.7. The SMILES string of the molecule is OCc1cn(Cn2cc(CO)c(-c3ccccc3)n2)nc1-c1ccccc1. The van der Waals surface area contributed by atoms with Crippen LogP contribution in [0.25, 0.3) is 22.5 Å². The van der Waals surface area contributed by atoms with E-state index in [9.17, 15) is 10.2 Å². The van der Waals surface area contributed by atoms with E-state index < -0.39 is 0 Å². The minimum absolute atomic E-state index is 0.0828. The zero-order valence-electron chi connectivity index (χ0n) is 14.7. The molecule has 0 spiro atoms. The molecule has 4 rings (SSSR count). The van der Waals surface area contributed by atoms with Crippen LogP contribution in [0.2, 0.25) is 0 Å². The van der Waals surface area contributed by atoms with Crippen molar-refractivity contribution in [2.24, 2.45) is 0 Å². The molecular formula is C21H20N4O2. The Morgan fingerprint density at radius 2 is 1.04 bits per heavy atom. The summed E-state index contributed by atoms with van der Waals surface area (Å²) in [6.45, 7) is 0.223. The van der Waals surface area contributed by atoms with Crippen molar-refractivity contribution < 1.29 is 10.2 Å². The van der Waals surface area contributed by atoms with E-state index in [2.05, 4.69) is 10.2 Å². The van der Waals surface area contributed by atoms with Gasteiger partial charge in [0, 0.05) is 34.6 Å². The highest BCUT2D eigenvalue weighted by Crippen LogP contribution is 2.24. The summed E-state index contributed by atoms with van der Waals surface area (Å²) in [7, 11) is 0. The normalized spacial score (nSPS) is 11.0. The fourth-order valence-electron chi connectivity index (χ4n) is 3.13. The Balaban J connectivity index is 1.65. The van der Waals surface area contributed by atoms with E-state index in [1.165, 1.54) is 0 Å². The van der Waals surface area contributed by atoms with E-state index in [1.54, 1.807) is 9.36 Å². The molecule has 2 aromatic heterocycles. The number of aromatic nitrogens is 4. The first-order valence-electron chi connectivity index (χ1n) is 8.73. The highest BCUT2D eigenvalue weighted by molar-refractivity contribution is 5.63. The van der Waals surface area contributed by atoms with E-state index in [0.717, 1.165) is 33.6 Å². The summed E-state index contributed by atoms with van der Waals surface area (Å²) in [5.41, 5.74) is 4.97. The minimum atomic E-state index is -0.0828. The van der Waals surface area contributed by atoms with E-state index in [4.69, 9.17) is 0 Å². The highest BCUT2D eigenvalue weighted by atomic mass is 16.3. The van der Waals surface area contributed by atoms with E-state index in [1.807, 2.05) is 73.1 Å². The van der Waals surface area contributed by atoms with Gasteiger partial charge in [-0.15, -0.1) is 0 Å². The third-order valence-electron chi connectivity index (χ3n) is 4.40. The van der Waals surface area contributed by atoms with Crippen LogP contribution in [-0.2, 0) is 19.9 Å². The summed E-state index contributed by atoms with van der Waals surface area (Å²) >= 11 is 0. The molecule has 136 valence electrons. The lowest BCUT2D eigenvalue weighted by Crippen LogP contribution is -2.09. The first kappa shape index (κ1) is 17.2. The van der Waals surface area contributed by atoms with Gasteiger partial charge in [-0.1, -0.05) is 60.7 Å². The number of benzene rings is 2. The van der Waals surface area contributed by atoms with Gasteiger partial charge in [-0.3, -0.25) is 9.36 Å². The number of nitrogens with zero attached hydrogens (tertiary/aromatic N) is 4. The quantitative estimate of drug-likeness (QED) is 0.554. The molecule has 0 amide bonds. The molecule has 2 N–H and O–H groups in total. The molecule has 2 aromatic carbocycles. The van der Waals surface area contributed by atoms with Gasteiger partial charge < -0.3 is 10.2 Å². The van der Waals surface area contributed by atoms with Crippen molar-refractivity contribution >= 4 is 0 Å². The summed E-state index contributed by atoms with van der Waals surface area (Å²) in [4.78, 5) is 0. The summed E-state index contributed by atoms with van der Waals surface area (Å²) in [5, 5.41) is 28.6. The Kier molecular flexibility index (Phi) is 4.82. The Bertz CT molecular complexity index is 939. The number of hydrogen-bond acceptors (Lipinski definition) is 4. The second-order valence-electron chi connectivity index (χ2n) is 6.27. The van der Waals surface area contributed by atoms with Crippen molar-refractivity contribution in [1.29, 1.82) is 0 Å². The third-order valence-corrected chi connectivity index (χ3v) is 4.40. The van der Waals surface area contributed by atoms with Crippen LogP contribution in [-0.4, -0.2) is 29.8 Å². The Hall–Kier alpha value is -3.22. The van der Waals surface area contributed by atoms with Crippen molar-refractivity contribution in [3.8, 4) is 22.5 Å². The van der Waals surface area contributed by atoms with Gasteiger partial charge in [-0.2, -0.15) is 10.2 Å². The van der Waals surface area contributed by atoms with Crippen molar-refractivity contribution in [3.05, 3.63) is 84.2 Å². The first-order valence-corrected chi connectivity index (χ1v) is 8.73. The summed E-state index contributed by atoms with van der Waals surface area (Å²) < 4.78 is 3.49. The van der Waals surface area contributed by atoms with Crippen molar-refractivity contribution in [2.75, 3.05) is 0 Å². The second kappa shape index (κ2) is 7.57. The van der Waals surface area contributed by atoms with Crippen LogP contribution < -0.4 is 0 Å². The molecule has 0 atom stereocenters. The predicted octanol–water partition coefficient (Wildman–Crippen LogP) is 2.90. The van der Waals surface area contributed by atoms with Crippen LogP contribution in [0.3, 0.4) is 0 Å². The Morgan fingerprint density at radius 3 is 1.41 bits per heavy atom. The fraction of sp³-hybridized carbons (Fsp3) is 0.143. The van der Waals surface area contributed by atoms with Gasteiger partial charge in [0.05, 0.1) is 24.6 Å². The number of aliphatic hydroxyl groups is 2. The highest BCUT2D eigenvalue weighted by Gasteiger charge is 2.13. The first-order chi connectivity index (χ1) is 13.3. The van der Waals surface area contributed by atoms with Crippen LogP contribution in [0.4, 0.5) is 0 Å². The van der Waals surface area contributed by atoms with Crippen molar-refractivity contribution in [3.63, 3.8) is 0 Å². The van der Waals surface area contributed by atoms with Gasteiger partial charge >= 0.3 is 0 Å². The van der Waals surface area contributed by atoms with Crippen LogP contribution in [0.1, 0.15) is 11.1 Å². The van der Waals surface area contributed by atoms with Crippen LogP contribution in [0.5, 0.6) is 0 Å². The lowest BCUT2D eigenvalue weighted by atomic mass is 10.1. The smallest absolute Gasteiger partial charge is 0.133 e. The number of hydrogen-bond donors (Lipinski definition) is 2. The monoisotopic (exact) mass is 360 g/mol. The molecular weight excluding hydrogens is 340 g/mol. The maximum Gasteiger partial charge on any atom is 0.133 e. The standard InChI is InChI=1S/C21H20N4O2/c26-13-18-11-24(22-20(18)16-7-3-1-4-8-16)15-25-12-19(14-27)21(23-25)17-9-5-2-6-10-17/h1-12,26-27H,13-15H2. The Morgan fingerprint density at radius 1 is 0.630 bits per heavy atom. The minimum Gasteiger partial charge on any atom is -0.392 e. The molecule has 0 fully saturated rings. The van der Waals surface area contributed by atoms with E-state index in [-0.39, 0.29) is 13.2 Å². The van der Waals surface area contributed by atoms with Gasteiger partial charge in [0.2, 0.25) is 0 Å². The summed E-state index contributed by atoms with van der Waals surface area (Å²) in [5.74, 6) is 0. The molecule has 4 aromatic rings. The largest absolute Gasteiger partial charge is 0.392 e. The van der Waals surface area contributed by atoms with Crippen molar-refractivity contribution in [2.45, 2.75) is 19.9 Å². The van der Waals surface area contributed by atoms with Crippen LogP contribution >= 0.6 is 0 Å². The van der Waals surface area contributed by atoms with Crippen LogP contribution in [0.15, 0.2) is 73.1 Å². The predicted molar refractivity (Wildman–Crippen MR) is 103 cm³/mol.